The summed E-state index contributed by atoms with van der Waals surface area (Å²) in [5.74, 6) is 0.576. The van der Waals surface area contributed by atoms with Crippen LogP contribution in [0.2, 0.25) is 0 Å². The maximum Gasteiger partial charge on any atom is 0.255 e. The average molecular weight is 278 g/mol. The molecule has 20 heavy (non-hydrogen) atoms. The molecule has 0 spiro atoms. The molecule has 0 radical (unpaired) electrons. The molecule has 0 aliphatic carbocycles. The highest BCUT2D eigenvalue weighted by Gasteiger charge is 2.20. The lowest BCUT2D eigenvalue weighted by Crippen LogP contribution is -2.38. The van der Waals surface area contributed by atoms with Gasteiger partial charge in [0.25, 0.3) is 5.91 Å². The Kier molecular flexibility index (Phi) is 5.17. The standard InChI is InChI=1S/C15H26N4O/c1-4-8-19-12(3)14(11(2)18-19)15(20)17-10-13-6-5-7-16-9-13/h13,16H,4-10H2,1-3H3,(H,17,20). The monoisotopic (exact) mass is 278 g/mol. The number of aromatic nitrogens is 2. The quantitative estimate of drug-likeness (QED) is 0.861. The van der Waals surface area contributed by atoms with Crippen molar-refractivity contribution in [1.82, 2.24) is 20.4 Å². The third-order valence-electron chi connectivity index (χ3n) is 3.99. The van der Waals surface area contributed by atoms with Gasteiger partial charge in [0.15, 0.2) is 0 Å². The summed E-state index contributed by atoms with van der Waals surface area (Å²) in [6.45, 7) is 9.74. The van der Waals surface area contributed by atoms with Gasteiger partial charge in [-0.3, -0.25) is 9.48 Å². The molecular formula is C15H26N4O. The number of hydrogen-bond donors (Lipinski definition) is 2. The number of nitrogens with zero attached hydrogens (tertiary/aromatic N) is 2. The second-order valence-electron chi connectivity index (χ2n) is 5.69. The zero-order valence-electron chi connectivity index (χ0n) is 12.8. The molecule has 1 unspecified atom stereocenters. The van der Waals surface area contributed by atoms with E-state index in [1.165, 1.54) is 12.8 Å². The summed E-state index contributed by atoms with van der Waals surface area (Å²) < 4.78 is 1.94. The van der Waals surface area contributed by atoms with Crippen LogP contribution < -0.4 is 10.6 Å². The minimum Gasteiger partial charge on any atom is -0.352 e. The number of carbonyl (C=O) groups excluding carboxylic acids is 1. The summed E-state index contributed by atoms with van der Waals surface area (Å²) in [6, 6.07) is 0. The number of nitrogens with one attached hydrogen (secondary N) is 2. The zero-order chi connectivity index (χ0) is 14.5. The molecule has 1 atom stereocenters. The highest BCUT2D eigenvalue weighted by Crippen LogP contribution is 2.14. The van der Waals surface area contributed by atoms with E-state index >= 15 is 0 Å². The topological polar surface area (TPSA) is 59.0 Å². The summed E-state index contributed by atoms with van der Waals surface area (Å²) >= 11 is 0. The summed E-state index contributed by atoms with van der Waals surface area (Å²) in [5, 5.41) is 10.9. The lowest BCUT2D eigenvalue weighted by Gasteiger charge is -2.22. The molecule has 112 valence electrons. The van der Waals surface area contributed by atoms with Crippen LogP contribution in [0.15, 0.2) is 0 Å². The van der Waals surface area contributed by atoms with Crippen molar-refractivity contribution in [2.45, 2.75) is 46.6 Å². The van der Waals surface area contributed by atoms with Gasteiger partial charge < -0.3 is 10.6 Å². The van der Waals surface area contributed by atoms with E-state index in [-0.39, 0.29) is 5.91 Å². The van der Waals surface area contributed by atoms with Crippen LogP contribution in [0.25, 0.3) is 0 Å². The minimum atomic E-state index is 0.0212. The van der Waals surface area contributed by atoms with Gasteiger partial charge in [-0.1, -0.05) is 6.92 Å². The SMILES string of the molecule is CCCn1nc(C)c(C(=O)NCC2CCCNC2)c1C. The Balaban J connectivity index is 1.97. The van der Waals surface area contributed by atoms with Gasteiger partial charge in [0.1, 0.15) is 0 Å². The van der Waals surface area contributed by atoms with Gasteiger partial charge in [0.05, 0.1) is 11.3 Å². The fraction of sp³-hybridized carbons (Fsp3) is 0.733. The molecule has 2 N–H and O–H groups in total. The second kappa shape index (κ2) is 6.88. The van der Waals surface area contributed by atoms with Gasteiger partial charge >= 0.3 is 0 Å². The first kappa shape index (κ1) is 15.0. The van der Waals surface area contributed by atoms with Gasteiger partial charge in [-0.15, -0.1) is 0 Å². The number of amides is 1. The summed E-state index contributed by atoms with van der Waals surface area (Å²) in [5.41, 5.74) is 2.56. The Morgan fingerprint density at radius 2 is 2.30 bits per heavy atom. The van der Waals surface area contributed by atoms with Crippen molar-refractivity contribution in [3.05, 3.63) is 17.0 Å². The van der Waals surface area contributed by atoms with E-state index in [0.717, 1.165) is 49.6 Å². The van der Waals surface area contributed by atoms with Crippen LogP contribution in [0, 0.1) is 19.8 Å². The minimum absolute atomic E-state index is 0.0212. The first-order chi connectivity index (χ1) is 9.63. The predicted octanol–water partition coefficient (Wildman–Crippen LogP) is 1.64. The molecule has 5 nitrogen and oxygen atoms in total. The maximum atomic E-state index is 12.4. The van der Waals surface area contributed by atoms with E-state index < -0.39 is 0 Å². The Bertz CT molecular complexity index is 461. The van der Waals surface area contributed by atoms with Gasteiger partial charge in [-0.2, -0.15) is 5.10 Å². The van der Waals surface area contributed by atoms with E-state index in [2.05, 4.69) is 22.7 Å². The van der Waals surface area contributed by atoms with Crippen LogP contribution >= 0.6 is 0 Å². The highest BCUT2D eigenvalue weighted by atomic mass is 16.1. The predicted molar refractivity (Wildman–Crippen MR) is 79.9 cm³/mol. The molecule has 2 rings (SSSR count). The number of hydrogen-bond acceptors (Lipinski definition) is 3. The van der Waals surface area contributed by atoms with Gasteiger partial charge in [-0.25, -0.2) is 0 Å². The molecule has 1 aliphatic rings. The van der Waals surface area contributed by atoms with Crippen molar-refractivity contribution in [1.29, 1.82) is 0 Å². The molecule has 1 saturated heterocycles. The second-order valence-corrected chi connectivity index (χ2v) is 5.69. The molecule has 1 aromatic rings. The van der Waals surface area contributed by atoms with Crippen molar-refractivity contribution < 1.29 is 4.79 Å². The lowest BCUT2D eigenvalue weighted by atomic mass is 9.99. The zero-order valence-corrected chi connectivity index (χ0v) is 12.8. The van der Waals surface area contributed by atoms with Crippen LogP contribution in [-0.4, -0.2) is 35.3 Å². The maximum absolute atomic E-state index is 12.4. The third-order valence-corrected chi connectivity index (χ3v) is 3.99. The number of aryl methyl sites for hydroxylation is 2. The van der Waals surface area contributed by atoms with Crippen molar-refractivity contribution in [2.24, 2.45) is 5.92 Å². The van der Waals surface area contributed by atoms with E-state index in [1.807, 2.05) is 18.5 Å². The number of piperidine rings is 1. The number of rotatable bonds is 5. The normalized spacial score (nSPS) is 19.1. The van der Waals surface area contributed by atoms with Gasteiger partial charge in [-0.05, 0) is 52.1 Å². The van der Waals surface area contributed by atoms with Crippen LogP contribution in [0.5, 0.6) is 0 Å². The third kappa shape index (κ3) is 3.39. The molecule has 1 aliphatic heterocycles. The van der Waals surface area contributed by atoms with Crippen LogP contribution in [0.4, 0.5) is 0 Å². The fourth-order valence-electron chi connectivity index (χ4n) is 2.88. The van der Waals surface area contributed by atoms with E-state index in [1.54, 1.807) is 0 Å². The highest BCUT2D eigenvalue weighted by molar-refractivity contribution is 5.96. The average Bonchev–Trinajstić information content (AvgIpc) is 2.73. The molecule has 5 heteroatoms. The first-order valence-corrected chi connectivity index (χ1v) is 7.66. The molecular weight excluding hydrogens is 252 g/mol. The Morgan fingerprint density at radius 1 is 1.50 bits per heavy atom. The van der Waals surface area contributed by atoms with Crippen LogP contribution in [-0.2, 0) is 6.54 Å². The summed E-state index contributed by atoms with van der Waals surface area (Å²) in [6.07, 6.45) is 3.42. The van der Waals surface area contributed by atoms with Crippen molar-refractivity contribution >= 4 is 5.91 Å². The Hall–Kier alpha value is -1.36. The smallest absolute Gasteiger partial charge is 0.255 e. The van der Waals surface area contributed by atoms with Crippen molar-refractivity contribution in [3.63, 3.8) is 0 Å². The summed E-state index contributed by atoms with van der Waals surface area (Å²) in [4.78, 5) is 12.4. The van der Waals surface area contributed by atoms with E-state index in [9.17, 15) is 4.79 Å². The van der Waals surface area contributed by atoms with Crippen LogP contribution in [0.3, 0.4) is 0 Å². The Morgan fingerprint density at radius 3 is 2.95 bits per heavy atom. The van der Waals surface area contributed by atoms with E-state index in [0.29, 0.717) is 5.92 Å². The molecule has 0 aromatic carbocycles. The summed E-state index contributed by atoms with van der Waals surface area (Å²) in [7, 11) is 0. The lowest BCUT2D eigenvalue weighted by molar-refractivity contribution is 0.0943. The van der Waals surface area contributed by atoms with Gasteiger partial charge in [0, 0.05) is 18.8 Å². The number of carbonyl (C=O) groups is 1. The fourth-order valence-corrected chi connectivity index (χ4v) is 2.88. The molecule has 1 amide bonds. The van der Waals surface area contributed by atoms with E-state index in [4.69, 9.17) is 0 Å². The van der Waals surface area contributed by atoms with Crippen LogP contribution in [0.1, 0.15) is 47.9 Å². The molecule has 1 fully saturated rings. The van der Waals surface area contributed by atoms with Gasteiger partial charge in [0.2, 0.25) is 0 Å². The molecule has 1 aromatic heterocycles. The first-order valence-electron chi connectivity index (χ1n) is 7.66. The molecule has 0 bridgehead atoms. The largest absolute Gasteiger partial charge is 0.352 e. The molecule has 2 heterocycles. The van der Waals surface area contributed by atoms with Crippen molar-refractivity contribution in [3.8, 4) is 0 Å². The van der Waals surface area contributed by atoms with Crippen molar-refractivity contribution in [2.75, 3.05) is 19.6 Å². The Labute approximate surface area is 121 Å². The molecule has 0 saturated carbocycles.